The van der Waals surface area contributed by atoms with E-state index in [-0.39, 0.29) is 0 Å². The van der Waals surface area contributed by atoms with E-state index >= 15 is 0 Å². The Hall–Kier alpha value is -1.13. The van der Waals surface area contributed by atoms with Crippen molar-refractivity contribution in [1.82, 2.24) is 9.88 Å². The van der Waals surface area contributed by atoms with Gasteiger partial charge in [-0.05, 0) is 30.4 Å². The molecule has 0 amide bonds. The van der Waals surface area contributed by atoms with E-state index < -0.39 is 0 Å². The Labute approximate surface area is 121 Å². The summed E-state index contributed by atoms with van der Waals surface area (Å²) in [6.45, 7) is 8.64. The quantitative estimate of drug-likeness (QED) is 0.916. The van der Waals surface area contributed by atoms with Crippen molar-refractivity contribution >= 4 is 5.69 Å². The first kappa shape index (κ1) is 13.8. The molecule has 4 nitrogen and oxygen atoms in total. The van der Waals surface area contributed by atoms with Crippen LogP contribution in [0, 0.1) is 0 Å². The van der Waals surface area contributed by atoms with Gasteiger partial charge in [-0.25, -0.2) is 0 Å². The fraction of sp³-hybridized carbons (Fsp3) is 0.688. The Kier molecular flexibility index (Phi) is 4.22. The highest BCUT2D eigenvalue weighted by Gasteiger charge is 2.29. The van der Waals surface area contributed by atoms with Gasteiger partial charge in [0.15, 0.2) is 0 Å². The molecule has 2 fully saturated rings. The van der Waals surface area contributed by atoms with Crippen molar-refractivity contribution < 1.29 is 4.74 Å². The minimum atomic E-state index is 0.532. The molecule has 0 aliphatic carbocycles. The summed E-state index contributed by atoms with van der Waals surface area (Å²) in [5.41, 5.74) is 2.47. The van der Waals surface area contributed by atoms with Crippen LogP contribution in [0.25, 0.3) is 0 Å². The lowest BCUT2D eigenvalue weighted by Crippen LogP contribution is -2.53. The predicted molar refractivity (Wildman–Crippen MR) is 81.2 cm³/mol. The molecule has 0 unspecified atom stereocenters. The first-order valence-electron chi connectivity index (χ1n) is 7.75. The van der Waals surface area contributed by atoms with Crippen molar-refractivity contribution in [2.75, 3.05) is 31.6 Å². The number of piperidine rings is 1. The Bertz CT molecular complexity index is 437. The minimum Gasteiger partial charge on any atom is -0.381 e. The van der Waals surface area contributed by atoms with Crippen LogP contribution >= 0.6 is 0 Å². The molecular formula is C16H25N3O. The number of hydrogen-bond donors (Lipinski definition) is 1. The summed E-state index contributed by atoms with van der Waals surface area (Å²) in [4.78, 5) is 6.92. The topological polar surface area (TPSA) is 37.4 Å². The van der Waals surface area contributed by atoms with Gasteiger partial charge in [-0.15, -0.1) is 0 Å². The summed E-state index contributed by atoms with van der Waals surface area (Å²) in [5.74, 6) is 0.532. The Morgan fingerprint density at radius 3 is 2.60 bits per heavy atom. The first-order valence-corrected chi connectivity index (χ1v) is 7.75. The molecule has 3 heterocycles. The van der Waals surface area contributed by atoms with Crippen LogP contribution in [-0.2, 0) is 4.74 Å². The number of anilines is 1. The van der Waals surface area contributed by atoms with E-state index in [1.165, 1.54) is 37.2 Å². The number of aromatic nitrogens is 1. The Balaban J connectivity index is 1.52. The molecular weight excluding hydrogens is 250 g/mol. The standard InChI is InChI=1S/C16H25N3O/c1-12(2)13-7-15(9-17-8-13)18-14-3-5-19(6-4-14)16-10-20-11-16/h7-9,12,14,16,18H,3-6,10-11H2,1-2H3. The van der Waals surface area contributed by atoms with E-state index in [0.717, 1.165) is 13.2 Å². The van der Waals surface area contributed by atoms with Gasteiger partial charge < -0.3 is 10.1 Å². The number of rotatable bonds is 4. The van der Waals surface area contributed by atoms with Gasteiger partial charge in [-0.1, -0.05) is 13.8 Å². The lowest BCUT2D eigenvalue weighted by Gasteiger charge is -2.41. The molecule has 3 rings (SSSR count). The highest BCUT2D eigenvalue weighted by Crippen LogP contribution is 2.22. The van der Waals surface area contributed by atoms with Crippen LogP contribution in [0.2, 0.25) is 0 Å². The summed E-state index contributed by atoms with van der Waals surface area (Å²) in [7, 11) is 0. The summed E-state index contributed by atoms with van der Waals surface area (Å²) in [5, 5.41) is 3.65. The number of pyridine rings is 1. The fourth-order valence-electron chi connectivity index (χ4n) is 2.93. The molecule has 2 aliphatic heterocycles. The highest BCUT2D eigenvalue weighted by molar-refractivity contribution is 5.44. The van der Waals surface area contributed by atoms with E-state index in [0.29, 0.717) is 18.0 Å². The normalized spacial score (nSPS) is 21.9. The Morgan fingerprint density at radius 1 is 1.25 bits per heavy atom. The van der Waals surface area contributed by atoms with Crippen LogP contribution in [0.1, 0.15) is 38.2 Å². The van der Waals surface area contributed by atoms with Crippen LogP contribution in [-0.4, -0.2) is 48.3 Å². The molecule has 0 saturated carbocycles. The van der Waals surface area contributed by atoms with Gasteiger partial charge in [0, 0.05) is 31.5 Å². The molecule has 4 heteroatoms. The SMILES string of the molecule is CC(C)c1cncc(NC2CCN(C3COC3)CC2)c1. The van der Waals surface area contributed by atoms with Crippen molar-refractivity contribution in [3.63, 3.8) is 0 Å². The third-order valence-electron chi connectivity index (χ3n) is 4.46. The minimum absolute atomic E-state index is 0.532. The number of nitrogens with one attached hydrogen (secondary N) is 1. The van der Waals surface area contributed by atoms with Gasteiger partial charge in [-0.2, -0.15) is 0 Å². The van der Waals surface area contributed by atoms with Crippen molar-refractivity contribution in [3.8, 4) is 0 Å². The second-order valence-electron chi connectivity index (χ2n) is 6.31. The molecule has 2 aliphatic rings. The smallest absolute Gasteiger partial charge is 0.0645 e. The number of hydrogen-bond acceptors (Lipinski definition) is 4. The third-order valence-corrected chi connectivity index (χ3v) is 4.46. The van der Waals surface area contributed by atoms with E-state index in [1.54, 1.807) is 0 Å². The van der Waals surface area contributed by atoms with E-state index in [4.69, 9.17) is 4.74 Å². The number of likely N-dealkylation sites (tertiary alicyclic amines) is 1. The Morgan fingerprint density at radius 2 is 2.00 bits per heavy atom. The van der Waals surface area contributed by atoms with Gasteiger partial charge in [-0.3, -0.25) is 9.88 Å². The van der Waals surface area contributed by atoms with Gasteiger partial charge in [0.05, 0.1) is 24.9 Å². The predicted octanol–water partition coefficient (Wildman–Crippen LogP) is 2.48. The van der Waals surface area contributed by atoms with Crippen LogP contribution < -0.4 is 5.32 Å². The van der Waals surface area contributed by atoms with Gasteiger partial charge in [0.2, 0.25) is 0 Å². The molecule has 2 saturated heterocycles. The average molecular weight is 275 g/mol. The van der Waals surface area contributed by atoms with Crippen LogP contribution in [0.5, 0.6) is 0 Å². The largest absolute Gasteiger partial charge is 0.381 e. The monoisotopic (exact) mass is 275 g/mol. The maximum absolute atomic E-state index is 5.28. The number of nitrogens with zero attached hydrogens (tertiary/aromatic N) is 2. The zero-order chi connectivity index (χ0) is 13.9. The molecule has 0 aromatic carbocycles. The van der Waals surface area contributed by atoms with Crippen molar-refractivity contribution in [2.45, 2.75) is 44.7 Å². The second-order valence-corrected chi connectivity index (χ2v) is 6.31. The van der Waals surface area contributed by atoms with Crippen molar-refractivity contribution in [3.05, 3.63) is 24.0 Å². The van der Waals surface area contributed by atoms with Gasteiger partial charge in [0.1, 0.15) is 0 Å². The fourth-order valence-corrected chi connectivity index (χ4v) is 2.93. The highest BCUT2D eigenvalue weighted by atomic mass is 16.5. The lowest BCUT2D eigenvalue weighted by atomic mass is 10.0. The molecule has 1 aromatic heterocycles. The summed E-state index contributed by atoms with van der Waals surface area (Å²) in [6, 6.07) is 3.50. The summed E-state index contributed by atoms with van der Waals surface area (Å²) < 4.78 is 5.28. The lowest BCUT2D eigenvalue weighted by molar-refractivity contribution is -0.0705. The average Bonchev–Trinajstić information content (AvgIpc) is 2.39. The van der Waals surface area contributed by atoms with Gasteiger partial charge >= 0.3 is 0 Å². The number of ether oxygens (including phenoxy) is 1. The molecule has 0 bridgehead atoms. The molecule has 1 N–H and O–H groups in total. The summed E-state index contributed by atoms with van der Waals surface area (Å²) >= 11 is 0. The molecule has 1 aromatic rings. The zero-order valence-electron chi connectivity index (χ0n) is 12.5. The second kappa shape index (κ2) is 6.10. The molecule has 110 valence electrons. The summed E-state index contributed by atoms with van der Waals surface area (Å²) in [6.07, 6.45) is 6.33. The third kappa shape index (κ3) is 3.13. The zero-order valence-corrected chi connectivity index (χ0v) is 12.5. The van der Waals surface area contributed by atoms with Crippen LogP contribution in [0.15, 0.2) is 18.5 Å². The molecule has 0 radical (unpaired) electrons. The molecule has 0 spiro atoms. The first-order chi connectivity index (χ1) is 9.72. The van der Waals surface area contributed by atoms with Gasteiger partial charge in [0.25, 0.3) is 0 Å². The van der Waals surface area contributed by atoms with Crippen LogP contribution in [0.3, 0.4) is 0 Å². The molecule has 0 atom stereocenters. The van der Waals surface area contributed by atoms with Crippen LogP contribution in [0.4, 0.5) is 5.69 Å². The van der Waals surface area contributed by atoms with Crippen molar-refractivity contribution in [1.29, 1.82) is 0 Å². The molecule has 20 heavy (non-hydrogen) atoms. The maximum atomic E-state index is 5.28. The van der Waals surface area contributed by atoms with E-state index in [2.05, 4.69) is 35.1 Å². The van der Waals surface area contributed by atoms with E-state index in [1.807, 2.05) is 12.4 Å². The van der Waals surface area contributed by atoms with Crippen molar-refractivity contribution in [2.24, 2.45) is 0 Å². The maximum Gasteiger partial charge on any atom is 0.0645 e. The van der Waals surface area contributed by atoms with E-state index in [9.17, 15) is 0 Å².